The van der Waals surface area contributed by atoms with Gasteiger partial charge in [0, 0.05) is 10.0 Å². The van der Waals surface area contributed by atoms with E-state index in [4.69, 9.17) is 17.3 Å². The molecule has 2 N–H and O–H groups in total. The van der Waals surface area contributed by atoms with E-state index in [2.05, 4.69) is 22.0 Å². The lowest BCUT2D eigenvalue weighted by atomic mass is 9.89. The second kappa shape index (κ2) is 3.84. The van der Waals surface area contributed by atoms with Crippen LogP contribution in [0, 0.1) is 0 Å². The molecule has 0 spiro atoms. The predicted molar refractivity (Wildman–Crippen MR) is 63.5 cm³/mol. The van der Waals surface area contributed by atoms with Crippen LogP contribution in [0.2, 0.25) is 5.02 Å². The minimum absolute atomic E-state index is 0.163. The van der Waals surface area contributed by atoms with Gasteiger partial charge in [-0.15, -0.1) is 0 Å². The zero-order valence-corrected chi connectivity index (χ0v) is 10.2. The van der Waals surface area contributed by atoms with Gasteiger partial charge in [0.15, 0.2) is 0 Å². The van der Waals surface area contributed by atoms with Gasteiger partial charge in [0.25, 0.3) is 0 Å². The highest BCUT2D eigenvalue weighted by atomic mass is 79.9. The lowest BCUT2D eigenvalue weighted by Gasteiger charge is -2.25. The monoisotopic (exact) mass is 273 g/mol. The Morgan fingerprint density at radius 1 is 1.29 bits per heavy atom. The van der Waals surface area contributed by atoms with Crippen molar-refractivity contribution in [1.29, 1.82) is 0 Å². The number of rotatable bonds is 1. The Balaban J connectivity index is 2.45. The first-order valence-electron chi connectivity index (χ1n) is 4.87. The third-order valence-electron chi connectivity index (χ3n) is 2.98. The van der Waals surface area contributed by atoms with Crippen molar-refractivity contribution in [2.45, 2.75) is 31.2 Å². The second-order valence-electron chi connectivity index (χ2n) is 3.96. The van der Waals surface area contributed by atoms with E-state index in [0.717, 1.165) is 27.9 Å². The van der Waals surface area contributed by atoms with Crippen LogP contribution in [0.3, 0.4) is 0 Å². The van der Waals surface area contributed by atoms with Crippen molar-refractivity contribution in [3.8, 4) is 0 Å². The quantitative estimate of drug-likeness (QED) is 0.827. The normalized spacial score (nSPS) is 19.9. The maximum atomic E-state index is 6.36. The zero-order valence-electron chi connectivity index (χ0n) is 7.89. The van der Waals surface area contributed by atoms with Crippen LogP contribution < -0.4 is 5.73 Å². The van der Waals surface area contributed by atoms with Gasteiger partial charge in [-0.2, -0.15) is 0 Å². The van der Waals surface area contributed by atoms with Crippen LogP contribution in [0.25, 0.3) is 0 Å². The van der Waals surface area contributed by atoms with Gasteiger partial charge >= 0.3 is 0 Å². The molecular weight excluding hydrogens is 261 g/mol. The minimum atomic E-state index is -0.163. The highest BCUT2D eigenvalue weighted by molar-refractivity contribution is 9.10. The molecular formula is C11H13BrClN. The zero-order chi connectivity index (χ0) is 10.2. The van der Waals surface area contributed by atoms with E-state index in [-0.39, 0.29) is 5.54 Å². The van der Waals surface area contributed by atoms with Crippen LogP contribution in [-0.2, 0) is 5.54 Å². The smallest absolute Gasteiger partial charge is 0.0551 e. The Morgan fingerprint density at radius 2 is 1.93 bits per heavy atom. The predicted octanol–water partition coefficient (Wildman–Crippen LogP) is 3.83. The van der Waals surface area contributed by atoms with Gasteiger partial charge < -0.3 is 5.73 Å². The summed E-state index contributed by atoms with van der Waals surface area (Å²) in [6.07, 6.45) is 4.56. The van der Waals surface area contributed by atoms with E-state index in [0.29, 0.717) is 0 Å². The maximum Gasteiger partial charge on any atom is 0.0551 e. The first kappa shape index (κ1) is 10.5. The summed E-state index contributed by atoms with van der Waals surface area (Å²) >= 11 is 9.57. The Labute approximate surface area is 97.8 Å². The third-order valence-corrected chi connectivity index (χ3v) is 4.38. The molecule has 0 aromatic heterocycles. The Hall–Kier alpha value is -0.0500. The van der Waals surface area contributed by atoms with Gasteiger partial charge in [-0.3, -0.25) is 0 Å². The molecule has 0 unspecified atom stereocenters. The van der Waals surface area contributed by atoms with Crippen molar-refractivity contribution >= 4 is 27.5 Å². The number of hydrogen-bond acceptors (Lipinski definition) is 1. The third kappa shape index (κ3) is 1.71. The van der Waals surface area contributed by atoms with Crippen LogP contribution in [0.4, 0.5) is 0 Å². The molecule has 1 aromatic rings. The van der Waals surface area contributed by atoms with Gasteiger partial charge in [0.05, 0.1) is 5.02 Å². The SMILES string of the molecule is NC1(c2cccc(Cl)c2Br)CCCC1. The molecule has 1 fully saturated rings. The molecule has 0 atom stereocenters. The van der Waals surface area contributed by atoms with Crippen molar-refractivity contribution in [3.05, 3.63) is 33.3 Å². The van der Waals surface area contributed by atoms with Crippen LogP contribution >= 0.6 is 27.5 Å². The summed E-state index contributed by atoms with van der Waals surface area (Å²) < 4.78 is 0.964. The Kier molecular flexibility index (Phi) is 2.87. The highest BCUT2D eigenvalue weighted by Crippen LogP contribution is 2.41. The summed E-state index contributed by atoms with van der Waals surface area (Å²) in [4.78, 5) is 0. The molecule has 1 aliphatic carbocycles. The van der Waals surface area contributed by atoms with Gasteiger partial charge in [-0.1, -0.05) is 36.6 Å². The highest BCUT2D eigenvalue weighted by Gasteiger charge is 2.33. The molecule has 1 saturated carbocycles. The number of benzene rings is 1. The fourth-order valence-electron chi connectivity index (χ4n) is 2.16. The van der Waals surface area contributed by atoms with Gasteiger partial charge in [-0.25, -0.2) is 0 Å². The van der Waals surface area contributed by atoms with E-state index in [9.17, 15) is 0 Å². The number of halogens is 2. The van der Waals surface area contributed by atoms with Crippen molar-refractivity contribution in [3.63, 3.8) is 0 Å². The standard InChI is InChI=1S/C11H13BrClN/c12-10-8(4-3-5-9(10)13)11(14)6-1-2-7-11/h3-5H,1-2,6-7,14H2. The molecule has 2 rings (SSSR count). The second-order valence-corrected chi connectivity index (χ2v) is 5.16. The Bertz CT molecular complexity index is 345. The number of nitrogens with two attached hydrogens (primary N) is 1. The average Bonchev–Trinajstić information content (AvgIpc) is 2.58. The van der Waals surface area contributed by atoms with Crippen molar-refractivity contribution in [1.82, 2.24) is 0 Å². The molecule has 0 aliphatic heterocycles. The van der Waals surface area contributed by atoms with Crippen LogP contribution in [0.15, 0.2) is 22.7 Å². The summed E-state index contributed by atoms with van der Waals surface area (Å²) in [5, 5.41) is 0.749. The molecule has 0 amide bonds. The fraction of sp³-hybridized carbons (Fsp3) is 0.455. The average molecular weight is 275 g/mol. The van der Waals surface area contributed by atoms with Crippen molar-refractivity contribution in [2.24, 2.45) is 5.73 Å². The largest absolute Gasteiger partial charge is 0.321 e. The molecule has 0 heterocycles. The van der Waals surface area contributed by atoms with E-state index in [1.165, 1.54) is 12.8 Å². The fourth-order valence-corrected chi connectivity index (χ4v) is 3.00. The van der Waals surface area contributed by atoms with Crippen LogP contribution in [-0.4, -0.2) is 0 Å². The van der Waals surface area contributed by atoms with Crippen molar-refractivity contribution in [2.75, 3.05) is 0 Å². The summed E-state index contributed by atoms with van der Waals surface area (Å²) in [6, 6.07) is 5.92. The van der Waals surface area contributed by atoms with E-state index in [1.807, 2.05) is 12.1 Å². The maximum absolute atomic E-state index is 6.36. The van der Waals surface area contributed by atoms with E-state index >= 15 is 0 Å². The molecule has 1 nitrogen and oxygen atoms in total. The lowest BCUT2D eigenvalue weighted by molar-refractivity contribution is 0.459. The molecule has 3 heteroatoms. The summed E-state index contributed by atoms with van der Waals surface area (Å²) in [6.45, 7) is 0. The van der Waals surface area contributed by atoms with Gasteiger partial charge in [-0.05, 0) is 40.4 Å². The molecule has 76 valence electrons. The lowest BCUT2D eigenvalue weighted by Crippen LogP contribution is -2.33. The summed E-state index contributed by atoms with van der Waals surface area (Å²) in [5.41, 5.74) is 7.35. The van der Waals surface area contributed by atoms with Gasteiger partial charge in [0.1, 0.15) is 0 Å². The van der Waals surface area contributed by atoms with E-state index < -0.39 is 0 Å². The summed E-state index contributed by atoms with van der Waals surface area (Å²) in [7, 11) is 0. The topological polar surface area (TPSA) is 26.0 Å². The first-order chi connectivity index (χ1) is 6.63. The molecule has 1 aliphatic rings. The number of hydrogen-bond donors (Lipinski definition) is 1. The molecule has 1 aromatic carbocycles. The Morgan fingerprint density at radius 3 is 2.57 bits per heavy atom. The van der Waals surface area contributed by atoms with Crippen molar-refractivity contribution < 1.29 is 0 Å². The molecule has 0 radical (unpaired) electrons. The summed E-state index contributed by atoms with van der Waals surface area (Å²) in [5.74, 6) is 0. The van der Waals surface area contributed by atoms with Crippen LogP contribution in [0.1, 0.15) is 31.2 Å². The first-order valence-corrected chi connectivity index (χ1v) is 6.04. The molecule has 0 bridgehead atoms. The molecule has 0 saturated heterocycles. The van der Waals surface area contributed by atoms with Gasteiger partial charge in [0.2, 0.25) is 0 Å². The minimum Gasteiger partial charge on any atom is -0.321 e. The van der Waals surface area contributed by atoms with E-state index in [1.54, 1.807) is 0 Å². The molecule has 14 heavy (non-hydrogen) atoms. The van der Waals surface area contributed by atoms with Crippen LogP contribution in [0.5, 0.6) is 0 Å².